The number of ether oxygens (including phenoxy) is 2. The molecule has 3 aromatic rings. The largest absolute Gasteiger partial charge is 0.493 e. The van der Waals surface area contributed by atoms with Crippen molar-refractivity contribution in [1.82, 2.24) is 23.7 Å². The molecule has 0 atom stereocenters. The average Bonchev–Trinajstić information content (AvgIpc) is 3.29. The number of halogens is 1. The number of carbonyl (C=O) groups excluding carboxylic acids is 1. The van der Waals surface area contributed by atoms with Crippen LogP contribution < -0.4 is 16.1 Å². The monoisotopic (exact) mass is 557 g/mol. The van der Waals surface area contributed by atoms with E-state index in [2.05, 4.69) is 5.10 Å². The maximum Gasteiger partial charge on any atom is 0.410 e. The van der Waals surface area contributed by atoms with Gasteiger partial charge in [-0.2, -0.15) is 9.19 Å². The van der Waals surface area contributed by atoms with Crippen molar-refractivity contribution in [3.8, 4) is 28.4 Å². The fraction of sp³-hybridized carbons (Fsp3) is 0.481. The third kappa shape index (κ3) is 6.05. The molecule has 4 heterocycles. The van der Waals surface area contributed by atoms with Gasteiger partial charge in [-0.25, -0.2) is 9.47 Å². The average molecular weight is 558 g/mol. The minimum atomic E-state index is -0.515. The van der Waals surface area contributed by atoms with Crippen LogP contribution in [0, 0.1) is 5.41 Å². The van der Waals surface area contributed by atoms with Crippen LogP contribution in [0.15, 0.2) is 30.6 Å². The van der Waals surface area contributed by atoms with E-state index < -0.39 is 5.60 Å². The second-order valence-electron chi connectivity index (χ2n) is 11.0. The van der Waals surface area contributed by atoms with Crippen molar-refractivity contribution in [3.63, 3.8) is 0 Å². The van der Waals surface area contributed by atoms with E-state index in [-0.39, 0.29) is 41.5 Å². The molecule has 0 aliphatic carbocycles. The molecule has 0 aromatic carbocycles. The first-order chi connectivity index (χ1) is 18.4. The number of carbonyl (C=O) groups is 1. The van der Waals surface area contributed by atoms with Gasteiger partial charge in [-0.3, -0.25) is 10.4 Å². The summed E-state index contributed by atoms with van der Waals surface area (Å²) >= 11 is -0.00998. The highest BCUT2D eigenvalue weighted by molar-refractivity contribution is 7.92. The van der Waals surface area contributed by atoms with E-state index in [1.807, 2.05) is 52.9 Å². The Morgan fingerprint density at radius 1 is 1.26 bits per heavy atom. The number of likely N-dealkylation sites (tertiary alicyclic amines) is 1. The molecule has 1 aliphatic rings. The fourth-order valence-electron chi connectivity index (χ4n) is 4.84. The first-order valence-electron chi connectivity index (χ1n) is 12.9. The van der Waals surface area contributed by atoms with Gasteiger partial charge in [-0.05, 0) is 63.1 Å². The minimum Gasteiger partial charge on any atom is -0.493 e. The number of methoxy groups -OCH3 is 1. The number of nitrogens with one attached hydrogen (secondary N) is 1. The number of piperidine rings is 1. The fourth-order valence-corrected chi connectivity index (χ4v) is 5.23. The smallest absolute Gasteiger partial charge is 0.410 e. The first-order valence-corrected chi connectivity index (χ1v) is 13.6. The van der Waals surface area contributed by atoms with E-state index in [9.17, 15) is 8.68 Å². The number of hydrogen-bond acceptors (Lipinski definition) is 8. The predicted octanol–water partition coefficient (Wildman–Crippen LogP) is 5.23. The molecule has 1 amide bonds. The number of pyridine rings is 2. The van der Waals surface area contributed by atoms with Gasteiger partial charge < -0.3 is 20.2 Å². The van der Waals surface area contributed by atoms with Crippen molar-refractivity contribution in [2.75, 3.05) is 26.0 Å². The number of amides is 1. The van der Waals surface area contributed by atoms with Crippen molar-refractivity contribution < 1.29 is 18.2 Å². The molecule has 4 rings (SSSR count). The lowest BCUT2D eigenvalue weighted by Gasteiger charge is -2.33. The van der Waals surface area contributed by atoms with Gasteiger partial charge in [0, 0.05) is 36.6 Å². The molecule has 3 aromatic heterocycles. The van der Waals surface area contributed by atoms with Crippen LogP contribution in [0.5, 0.6) is 5.75 Å². The number of rotatable bonds is 6. The van der Waals surface area contributed by atoms with Crippen LogP contribution in [0.3, 0.4) is 0 Å². The Kier molecular flexibility index (Phi) is 8.24. The second kappa shape index (κ2) is 11.3. The van der Waals surface area contributed by atoms with Crippen molar-refractivity contribution in [2.24, 2.45) is 0 Å². The second-order valence-corrected chi connectivity index (χ2v) is 11.5. The summed E-state index contributed by atoms with van der Waals surface area (Å²) in [6.45, 7) is 10.9. The van der Waals surface area contributed by atoms with Gasteiger partial charge in [0.05, 0.1) is 18.5 Å². The summed E-state index contributed by atoms with van der Waals surface area (Å²) in [5, 5.41) is 12.6. The summed E-state index contributed by atoms with van der Waals surface area (Å²) in [7, 11) is 1.46. The van der Waals surface area contributed by atoms with Crippen molar-refractivity contribution in [3.05, 3.63) is 47.2 Å². The number of nitrogens with zero attached hydrogens (tertiary/aromatic N) is 5. The SMILES string of the molecule is COc1cc(-c2c(C(C)C)c(-c3ccc(C4CCN(C(=O)OC(C)(C)C)CC4)cn3)nn2SF)cn(N)c1=N. The van der Waals surface area contributed by atoms with Crippen molar-refractivity contribution in [1.29, 1.82) is 5.41 Å². The third-order valence-electron chi connectivity index (χ3n) is 6.73. The third-order valence-corrected chi connectivity index (χ3v) is 7.13. The first kappa shape index (κ1) is 28.5. The van der Waals surface area contributed by atoms with Crippen LogP contribution in [0.2, 0.25) is 0 Å². The molecule has 39 heavy (non-hydrogen) atoms. The van der Waals surface area contributed by atoms with E-state index in [4.69, 9.17) is 25.7 Å². The quantitative estimate of drug-likeness (QED) is 0.398. The summed E-state index contributed by atoms with van der Waals surface area (Å²) < 4.78 is 27.3. The minimum absolute atomic E-state index is 0.000667. The van der Waals surface area contributed by atoms with Crippen LogP contribution in [0.4, 0.5) is 8.68 Å². The van der Waals surface area contributed by atoms with Gasteiger partial charge in [0.1, 0.15) is 11.3 Å². The zero-order valence-electron chi connectivity index (χ0n) is 23.2. The molecule has 1 saturated heterocycles. The lowest BCUT2D eigenvalue weighted by molar-refractivity contribution is 0.0205. The van der Waals surface area contributed by atoms with Crippen LogP contribution in [0.1, 0.15) is 70.4 Å². The number of nitrogens with two attached hydrogens (primary N) is 1. The standard InChI is InChI=1S/C27H36FN7O3S/c1-16(2)22-23(32-35(39-28)24(22)19-13-21(37-6)25(29)34(30)15-19)20-8-7-18(14-31-20)17-9-11-33(12-10-17)26(36)38-27(3,4)5/h7-8,13-17,29H,9-12,30H2,1-6H3. The zero-order chi connectivity index (χ0) is 28.5. The van der Waals surface area contributed by atoms with Gasteiger partial charge >= 0.3 is 6.09 Å². The van der Waals surface area contributed by atoms with E-state index in [0.717, 1.165) is 28.6 Å². The molecular formula is C27H36FN7O3S. The molecule has 0 spiro atoms. The van der Waals surface area contributed by atoms with E-state index in [1.165, 1.54) is 11.2 Å². The van der Waals surface area contributed by atoms with Crippen LogP contribution in [0.25, 0.3) is 22.6 Å². The molecule has 1 fully saturated rings. The van der Waals surface area contributed by atoms with Gasteiger partial charge in [0.25, 0.3) is 0 Å². The Labute approximate surface area is 232 Å². The molecule has 0 bridgehead atoms. The molecule has 12 heteroatoms. The molecule has 1 aliphatic heterocycles. The lowest BCUT2D eigenvalue weighted by atomic mass is 9.90. The normalized spacial score (nSPS) is 14.6. The summed E-state index contributed by atoms with van der Waals surface area (Å²) in [4.78, 5) is 18.9. The van der Waals surface area contributed by atoms with Crippen LogP contribution in [-0.4, -0.2) is 55.6 Å². The molecule has 3 N–H and O–H groups in total. The Morgan fingerprint density at radius 3 is 2.49 bits per heavy atom. The summed E-state index contributed by atoms with van der Waals surface area (Å²) in [6, 6.07) is 5.61. The maximum absolute atomic E-state index is 14.1. The van der Waals surface area contributed by atoms with Crippen LogP contribution >= 0.6 is 12.3 Å². The Hall–Kier alpha value is -3.54. The van der Waals surface area contributed by atoms with Crippen LogP contribution in [-0.2, 0) is 4.74 Å². The highest BCUT2D eigenvalue weighted by Gasteiger charge is 2.29. The van der Waals surface area contributed by atoms with Crippen molar-refractivity contribution in [2.45, 2.75) is 64.9 Å². The van der Waals surface area contributed by atoms with Gasteiger partial charge in [-0.15, -0.1) is 3.89 Å². The summed E-state index contributed by atoms with van der Waals surface area (Å²) in [5.41, 5.74) is 3.70. The van der Waals surface area contributed by atoms with Gasteiger partial charge in [-0.1, -0.05) is 19.9 Å². The Bertz CT molecular complexity index is 1390. The van der Waals surface area contributed by atoms with Crippen molar-refractivity contribution >= 4 is 18.4 Å². The van der Waals surface area contributed by atoms with E-state index >= 15 is 0 Å². The van der Waals surface area contributed by atoms with E-state index in [1.54, 1.807) is 17.2 Å². The molecular weight excluding hydrogens is 521 g/mol. The van der Waals surface area contributed by atoms with Gasteiger partial charge in [0.2, 0.25) is 0 Å². The molecule has 0 saturated carbocycles. The molecule has 0 unspecified atom stereocenters. The topological polar surface area (TPSA) is 124 Å². The predicted molar refractivity (Wildman–Crippen MR) is 149 cm³/mol. The Balaban J connectivity index is 1.61. The Morgan fingerprint density at radius 2 is 1.95 bits per heavy atom. The number of aromatic nitrogens is 4. The number of nitrogen functional groups attached to an aromatic ring is 1. The molecule has 0 radical (unpaired) electrons. The summed E-state index contributed by atoms with van der Waals surface area (Å²) in [6.07, 6.45) is 4.77. The maximum atomic E-state index is 14.1. The lowest BCUT2D eigenvalue weighted by Crippen LogP contribution is -2.41. The molecule has 10 nitrogen and oxygen atoms in total. The molecule has 210 valence electrons. The summed E-state index contributed by atoms with van der Waals surface area (Å²) in [5.74, 6) is 6.52. The van der Waals surface area contributed by atoms with Gasteiger partial charge in [0.15, 0.2) is 23.6 Å². The van der Waals surface area contributed by atoms with E-state index in [0.29, 0.717) is 35.7 Å². The highest BCUT2D eigenvalue weighted by atomic mass is 32.2. The number of hydrogen-bond donors (Lipinski definition) is 2. The zero-order valence-corrected chi connectivity index (χ0v) is 24.0. The highest BCUT2D eigenvalue weighted by Crippen LogP contribution is 2.39.